The van der Waals surface area contributed by atoms with Crippen molar-refractivity contribution in [1.82, 2.24) is 29.4 Å². The third-order valence-corrected chi connectivity index (χ3v) is 7.62. The molecule has 0 saturated carbocycles. The summed E-state index contributed by atoms with van der Waals surface area (Å²) in [4.78, 5) is 48.7. The Balaban J connectivity index is 1.81. The van der Waals surface area contributed by atoms with Crippen molar-refractivity contribution in [2.24, 2.45) is 0 Å². The summed E-state index contributed by atoms with van der Waals surface area (Å²) in [6, 6.07) is 7.56. The SMILES string of the molecule is C=CC(=O)N1C(C)CN(c2nc(=O)n(-c3c(C)ccnc3C(C)C)c3nc(-c4ccccc4F)c(Cl)nc23)CC1C. The summed E-state index contributed by atoms with van der Waals surface area (Å²) >= 11 is 6.66. The van der Waals surface area contributed by atoms with E-state index in [1.54, 1.807) is 29.3 Å². The Morgan fingerprint density at radius 2 is 1.80 bits per heavy atom. The lowest BCUT2D eigenvalue weighted by Gasteiger charge is -2.44. The van der Waals surface area contributed by atoms with Crippen molar-refractivity contribution in [2.75, 3.05) is 18.0 Å². The van der Waals surface area contributed by atoms with Gasteiger partial charge in [-0.25, -0.2) is 23.7 Å². The molecular formula is C30H31ClFN7O2. The first-order valence-electron chi connectivity index (χ1n) is 13.4. The lowest BCUT2D eigenvalue weighted by atomic mass is 10.0. The Bertz CT molecular complexity index is 1730. The fourth-order valence-corrected chi connectivity index (χ4v) is 5.79. The van der Waals surface area contributed by atoms with Crippen LogP contribution in [0, 0.1) is 12.7 Å². The number of piperazine rings is 1. The van der Waals surface area contributed by atoms with Crippen LogP contribution in [-0.4, -0.2) is 60.5 Å². The lowest BCUT2D eigenvalue weighted by Crippen LogP contribution is -2.58. The van der Waals surface area contributed by atoms with Gasteiger partial charge in [-0.2, -0.15) is 4.98 Å². The Labute approximate surface area is 242 Å². The van der Waals surface area contributed by atoms with Crippen molar-refractivity contribution in [3.63, 3.8) is 0 Å². The molecule has 4 heterocycles. The van der Waals surface area contributed by atoms with E-state index in [0.717, 1.165) is 5.56 Å². The lowest BCUT2D eigenvalue weighted by molar-refractivity contribution is -0.130. The summed E-state index contributed by atoms with van der Waals surface area (Å²) in [7, 11) is 0. The molecule has 41 heavy (non-hydrogen) atoms. The van der Waals surface area contributed by atoms with Gasteiger partial charge in [0.2, 0.25) is 5.91 Å². The second-order valence-electron chi connectivity index (χ2n) is 10.6. The average molecular weight is 576 g/mol. The van der Waals surface area contributed by atoms with Crippen LogP contribution in [0.2, 0.25) is 5.15 Å². The summed E-state index contributed by atoms with van der Waals surface area (Å²) in [5.74, 6) is -0.399. The highest BCUT2D eigenvalue weighted by Crippen LogP contribution is 2.34. The molecule has 1 saturated heterocycles. The van der Waals surface area contributed by atoms with Crippen LogP contribution in [0.5, 0.6) is 0 Å². The fraction of sp³-hybridized carbons (Fsp3) is 0.333. The van der Waals surface area contributed by atoms with Gasteiger partial charge in [-0.15, -0.1) is 0 Å². The number of pyridine rings is 1. The van der Waals surface area contributed by atoms with Gasteiger partial charge in [0.15, 0.2) is 22.1 Å². The number of aryl methyl sites for hydroxylation is 1. The Morgan fingerprint density at radius 3 is 2.44 bits per heavy atom. The average Bonchev–Trinajstić information content (AvgIpc) is 2.92. The molecule has 1 aliphatic heterocycles. The minimum Gasteiger partial charge on any atom is -0.350 e. The van der Waals surface area contributed by atoms with Crippen LogP contribution in [0.4, 0.5) is 10.2 Å². The molecular weight excluding hydrogens is 545 g/mol. The fourth-order valence-electron chi connectivity index (χ4n) is 5.56. The topological polar surface area (TPSA) is 97.1 Å². The molecule has 9 nitrogen and oxygen atoms in total. The first-order valence-corrected chi connectivity index (χ1v) is 13.8. The van der Waals surface area contributed by atoms with Crippen molar-refractivity contribution in [1.29, 1.82) is 0 Å². The monoisotopic (exact) mass is 575 g/mol. The second-order valence-corrected chi connectivity index (χ2v) is 11.0. The maximum Gasteiger partial charge on any atom is 0.356 e. The van der Waals surface area contributed by atoms with Gasteiger partial charge in [-0.1, -0.05) is 44.2 Å². The highest BCUT2D eigenvalue weighted by Gasteiger charge is 2.34. The highest BCUT2D eigenvalue weighted by atomic mass is 35.5. The number of amides is 1. The molecule has 1 aromatic carbocycles. The van der Waals surface area contributed by atoms with Crippen LogP contribution >= 0.6 is 11.6 Å². The first kappa shape index (κ1) is 28.4. The quantitative estimate of drug-likeness (QED) is 0.306. The van der Waals surface area contributed by atoms with E-state index in [2.05, 4.69) is 21.5 Å². The zero-order valence-corrected chi connectivity index (χ0v) is 24.4. The molecule has 1 fully saturated rings. The number of halogens is 2. The number of hydrogen-bond acceptors (Lipinski definition) is 7. The van der Waals surface area contributed by atoms with Crippen molar-refractivity contribution in [3.8, 4) is 16.9 Å². The standard InChI is InChI=1S/C30H31ClFN7O2/c1-7-22(40)38-18(5)14-37(15-19(38)6)28-25-29(35-24(27(31)34-25)20-10-8-9-11-21(20)32)39(30(41)36-28)26-17(4)12-13-33-23(26)16(2)3/h7-13,16,18-19H,1,14-15H2,2-6H3. The van der Waals surface area contributed by atoms with Crippen molar-refractivity contribution in [3.05, 3.63) is 81.9 Å². The minimum atomic E-state index is -0.577. The van der Waals surface area contributed by atoms with Crippen molar-refractivity contribution < 1.29 is 9.18 Å². The zero-order valence-electron chi connectivity index (χ0n) is 23.6. The first-order chi connectivity index (χ1) is 19.5. The zero-order chi connectivity index (χ0) is 29.6. The molecule has 1 amide bonds. The van der Waals surface area contributed by atoms with Gasteiger partial charge in [0.25, 0.3) is 0 Å². The van der Waals surface area contributed by atoms with Crippen molar-refractivity contribution >= 4 is 34.5 Å². The second kappa shape index (κ2) is 11.0. The molecule has 0 spiro atoms. The molecule has 5 rings (SSSR count). The largest absolute Gasteiger partial charge is 0.356 e. The van der Waals surface area contributed by atoms with E-state index in [0.29, 0.717) is 30.3 Å². The van der Waals surface area contributed by atoms with Crippen LogP contribution in [0.15, 0.2) is 54.0 Å². The molecule has 11 heteroatoms. The number of rotatable bonds is 5. The number of benzene rings is 1. The molecule has 0 aliphatic carbocycles. The van der Waals surface area contributed by atoms with E-state index in [4.69, 9.17) is 16.6 Å². The van der Waals surface area contributed by atoms with E-state index < -0.39 is 11.5 Å². The maximum absolute atomic E-state index is 14.9. The molecule has 4 aromatic rings. The van der Waals surface area contributed by atoms with E-state index >= 15 is 0 Å². The number of aromatic nitrogens is 5. The predicted molar refractivity (Wildman–Crippen MR) is 158 cm³/mol. The smallest absolute Gasteiger partial charge is 0.350 e. The third-order valence-electron chi connectivity index (χ3n) is 7.35. The van der Waals surface area contributed by atoms with Crippen LogP contribution in [0.25, 0.3) is 28.1 Å². The summed E-state index contributed by atoms with van der Waals surface area (Å²) in [5.41, 5.74) is 2.20. The minimum absolute atomic E-state index is 0.0185. The molecule has 0 bridgehead atoms. The number of carbonyl (C=O) groups excluding carboxylic acids is 1. The van der Waals surface area contributed by atoms with Crippen LogP contribution < -0.4 is 10.6 Å². The molecule has 2 atom stereocenters. The van der Waals surface area contributed by atoms with Gasteiger partial charge in [0.05, 0.1) is 11.4 Å². The van der Waals surface area contributed by atoms with Gasteiger partial charge in [0.1, 0.15) is 11.5 Å². The molecule has 212 valence electrons. The van der Waals surface area contributed by atoms with Crippen LogP contribution in [0.3, 0.4) is 0 Å². The predicted octanol–water partition coefficient (Wildman–Crippen LogP) is 5.07. The van der Waals surface area contributed by atoms with Gasteiger partial charge < -0.3 is 9.80 Å². The highest BCUT2D eigenvalue weighted by molar-refractivity contribution is 6.32. The molecule has 3 aromatic heterocycles. The van der Waals surface area contributed by atoms with E-state index in [-0.39, 0.29) is 51.5 Å². The number of carbonyl (C=O) groups is 1. The number of hydrogen-bond donors (Lipinski definition) is 0. The van der Waals surface area contributed by atoms with Crippen molar-refractivity contribution in [2.45, 2.75) is 52.6 Å². The van der Waals surface area contributed by atoms with E-state index in [9.17, 15) is 14.0 Å². The summed E-state index contributed by atoms with van der Waals surface area (Å²) < 4.78 is 16.3. The summed E-state index contributed by atoms with van der Waals surface area (Å²) in [6.07, 6.45) is 3.00. The third kappa shape index (κ3) is 4.97. The molecule has 0 radical (unpaired) electrons. The van der Waals surface area contributed by atoms with E-state index in [1.165, 1.54) is 16.7 Å². The van der Waals surface area contributed by atoms with Crippen LogP contribution in [-0.2, 0) is 4.79 Å². The number of anilines is 1. The molecule has 1 aliphatic rings. The van der Waals surface area contributed by atoms with Gasteiger partial charge >= 0.3 is 5.69 Å². The van der Waals surface area contributed by atoms with Gasteiger partial charge in [-0.3, -0.25) is 9.78 Å². The normalized spacial score (nSPS) is 17.4. The van der Waals surface area contributed by atoms with Gasteiger partial charge in [-0.05, 0) is 56.5 Å². The molecule has 0 N–H and O–H groups in total. The Morgan fingerprint density at radius 1 is 1.12 bits per heavy atom. The van der Waals surface area contributed by atoms with E-state index in [1.807, 2.05) is 45.6 Å². The Hall–Kier alpha value is -4.18. The number of fused-ring (bicyclic) bond motifs is 1. The molecule has 2 unspecified atom stereocenters. The Kier molecular flexibility index (Phi) is 7.61. The number of nitrogens with zero attached hydrogens (tertiary/aromatic N) is 7. The summed E-state index contributed by atoms with van der Waals surface area (Å²) in [6.45, 7) is 14.1. The van der Waals surface area contributed by atoms with Crippen LogP contribution in [0.1, 0.15) is 44.9 Å². The summed E-state index contributed by atoms with van der Waals surface area (Å²) in [5, 5.41) is -0.0237. The maximum atomic E-state index is 14.9. The van der Waals surface area contributed by atoms with Gasteiger partial charge in [0, 0.05) is 36.9 Å².